The first kappa shape index (κ1) is 25.8. The summed E-state index contributed by atoms with van der Waals surface area (Å²) in [6.45, 7) is 1.07. The van der Waals surface area contributed by atoms with Crippen LogP contribution in [0.2, 0.25) is 0 Å². The summed E-state index contributed by atoms with van der Waals surface area (Å²) in [5.41, 5.74) is 2.75. The highest BCUT2D eigenvalue weighted by atomic mass is 16.7. The minimum Gasteiger partial charge on any atom is -0.454 e. The molecule has 0 saturated heterocycles. The van der Waals surface area contributed by atoms with Gasteiger partial charge in [-0.1, -0.05) is 10.3 Å². The zero-order chi connectivity index (χ0) is 27.2. The highest BCUT2D eigenvalue weighted by molar-refractivity contribution is 6.02. The van der Waals surface area contributed by atoms with Crippen LogP contribution in [0, 0.1) is 0 Å². The molecule has 5 rings (SSSR count). The predicted molar refractivity (Wildman–Crippen MR) is 140 cm³/mol. The molecule has 2 amide bonds. The summed E-state index contributed by atoms with van der Waals surface area (Å²) >= 11 is 0. The number of nitrogens with one attached hydrogen (secondary N) is 2. The zero-order valence-electron chi connectivity index (χ0n) is 21.4. The normalized spacial score (nSPS) is 11.8. The molecule has 1 aliphatic heterocycles. The Balaban J connectivity index is 1.01. The van der Waals surface area contributed by atoms with Crippen molar-refractivity contribution in [1.82, 2.24) is 15.6 Å². The second-order valence-electron chi connectivity index (χ2n) is 8.84. The van der Waals surface area contributed by atoms with Gasteiger partial charge in [0, 0.05) is 56.1 Å². The molecule has 0 spiro atoms. The number of amides is 2. The van der Waals surface area contributed by atoms with Gasteiger partial charge in [0.25, 0.3) is 11.8 Å². The molecule has 2 aromatic carbocycles. The van der Waals surface area contributed by atoms with Crippen molar-refractivity contribution in [2.45, 2.75) is 6.42 Å². The van der Waals surface area contributed by atoms with Gasteiger partial charge in [0.1, 0.15) is 5.76 Å². The Morgan fingerprint density at radius 3 is 2.49 bits per heavy atom. The summed E-state index contributed by atoms with van der Waals surface area (Å²) in [6, 6.07) is 16.0. The van der Waals surface area contributed by atoms with E-state index in [0.29, 0.717) is 41.7 Å². The summed E-state index contributed by atoms with van der Waals surface area (Å²) in [4.78, 5) is 26.8. The third kappa shape index (κ3) is 6.36. The van der Waals surface area contributed by atoms with Crippen molar-refractivity contribution in [2.75, 3.05) is 50.9 Å². The number of aromatic nitrogens is 2. The lowest BCUT2D eigenvalue weighted by Crippen LogP contribution is -2.27. The second-order valence-corrected chi connectivity index (χ2v) is 8.84. The Kier molecular flexibility index (Phi) is 7.73. The fourth-order valence-electron chi connectivity index (χ4n) is 3.75. The average Bonchev–Trinajstić information content (AvgIpc) is 3.71. The van der Waals surface area contributed by atoms with Crippen molar-refractivity contribution in [3.05, 3.63) is 71.7 Å². The number of hydrogen-bond acceptors (Lipinski definition) is 10. The Morgan fingerprint density at radius 1 is 0.897 bits per heavy atom. The Labute approximate surface area is 223 Å². The van der Waals surface area contributed by atoms with Crippen LogP contribution in [0.4, 0.5) is 11.4 Å². The largest absolute Gasteiger partial charge is 0.454 e. The minimum atomic E-state index is -0.378. The van der Waals surface area contributed by atoms with Crippen molar-refractivity contribution in [3.8, 4) is 22.8 Å². The Hall–Kier alpha value is -4.84. The summed E-state index contributed by atoms with van der Waals surface area (Å²) in [7, 11) is 3.89. The van der Waals surface area contributed by atoms with Crippen LogP contribution in [0.5, 0.6) is 11.5 Å². The SMILES string of the molecule is CN(C)c1ccc(NC(=O)c2cc(CCOCCNC(=O)c3cc(-c4ccc5c(c4)OCO5)on3)on2)cc1. The number of anilines is 2. The topological polar surface area (TPSA) is 141 Å². The quantitative estimate of drug-likeness (QED) is 0.276. The molecule has 0 bridgehead atoms. The van der Waals surface area contributed by atoms with Gasteiger partial charge in [0.15, 0.2) is 28.6 Å². The van der Waals surface area contributed by atoms with Crippen LogP contribution in [-0.2, 0) is 11.2 Å². The van der Waals surface area contributed by atoms with E-state index >= 15 is 0 Å². The highest BCUT2D eigenvalue weighted by Gasteiger charge is 2.18. The molecule has 0 unspecified atom stereocenters. The van der Waals surface area contributed by atoms with E-state index in [1.165, 1.54) is 0 Å². The molecule has 4 aromatic rings. The van der Waals surface area contributed by atoms with Gasteiger partial charge in [-0.2, -0.15) is 0 Å². The van der Waals surface area contributed by atoms with E-state index in [4.69, 9.17) is 23.3 Å². The molecule has 0 radical (unpaired) electrons. The maximum absolute atomic E-state index is 12.4. The van der Waals surface area contributed by atoms with Crippen LogP contribution >= 0.6 is 0 Å². The Morgan fingerprint density at radius 2 is 1.67 bits per heavy atom. The van der Waals surface area contributed by atoms with Crippen LogP contribution in [0.1, 0.15) is 26.7 Å². The molecule has 3 heterocycles. The first-order valence-corrected chi connectivity index (χ1v) is 12.2. The molecule has 39 heavy (non-hydrogen) atoms. The number of benzene rings is 2. The monoisotopic (exact) mass is 533 g/mol. The minimum absolute atomic E-state index is 0.156. The maximum atomic E-state index is 12.4. The van der Waals surface area contributed by atoms with Gasteiger partial charge in [-0.25, -0.2) is 0 Å². The van der Waals surface area contributed by atoms with Gasteiger partial charge in [-0.05, 0) is 42.5 Å². The summed E-state index contributed by atoms with van der Waals surface area (Å²) < 4.78 is 26.8. The fourth-order valence-corrected chi connectivity index (χ4v) is 3.75. The van der Waals surface area contributed by atoms with Crippen molar-refractivity contribution in [3.63, 3.8) is 0 Å². The van der Waals surface area contributed by atoms with E-state index in [1.54, 1.807) is 30.3 Å². The molecule has 202 valence electrons. The smallest absolute Gasteiger partial charge is 0.277 e. The molecular formula is C27H27N5O7. The molecule has 0 saturated carbocycles. The lowest BCUT2D eigenvalue weighted by atomic mass is 10.1. The third-order valence-corrected chi connectivity index (χ3v) is 5.86. The van der Waals surface area contributed by atoms with Crippen LogP contribution < -0.4 is 25.0 Å². The van der Waals surface area contributed by atoms with E-state index < -0.39 is 0 Å². The van der Waals surface area contributed by atoms with Crippen LogP contribution in [0.3, 0.4) is 0 Å². The average molecular weight is 534 g/mol. The number of carbonyl (C=O) groups is 2. The number of carbonyl (C=O) groups excluding carboxylic acids is 2. The van der Waals surface area contributed by atoms with Gasteiger partial charge < -0.3 is 38.8 Å². The molecule has 1 aliphatic rings. The number of rotatable bonds is 11. The number of ether oxygens (including phenoxy) is 3. The van der Waals surface area contributed by atoms with E-state index in [0.717, 1.165) is 11.3 Å². The van der Waals surface area contributed by atoms with Gasteiger partial charge in [-0.15, -0.1) is 0 Å². The van der Waals surface area contributed by atoms with Crippen molar-refractivity contribution >= 4 is 23.2 Å². The van der Waals surface area contributed by atoms with Crippen molar-refractivity contribution in [1.29, 1.82) is 0 Å². The Bertz CT molecular complexity index is 1440. The van der Waals surface area contributed by atoms with Crippen LogP contribution in [-0.4, -0.2) is 62.8 Å². The third-order valence-electron chi connectivity index (χ3n) is 5.86. The van der Waals surface area contributed by atoms with Gasteiger partial charge in [0.2, 0.25) is 6.79 Å². The highest BCUT2D eigenvalue weighted by Crippen LogP contribution is 2.36. The fraction of sp³-hybridized carbons (Fsp3) is 0.259. The molecular weight excluding hydrogens is 506 g/mol. The number of fused-ring (bicyclic) bond motifs is 1. The second kappa shape index (κ2) is 11.7. The van der Waals surface area contributed by atoms with Gasteiger partial charge >= 0.3 is 0 Å². The molecule has 12 heteroatoms. The lowest BCUT2D eigenvalue weighted by Gasteiger charge is -2.12. The number of nitrogens with zero attached hydrogens (tertiary/aromatic N) is 3. The molecule has 0 fully saturated rings. The lowest BCUT2D eigenvalue weighted by molar-refractivity contribution is 0.0904. The molecule has 2 aromatic heterocycles. The van der Waals surface area contributed by atoms with Gasteiger partial charge in [0.05, 0.1) is 13.2 Å². The van der Waals surface area contributed by atoms with E-state index in [1.807, 2.05) is 43.3 Å². The molecule has 0 atom stereocenters. The predicted octanol–water partition coefficient (Wildman–Crippen LogP) is 3.37. The summed E-state index contributed by atoms with van der Waals surface area (Å²) in [6.07, 6.45) is 0.425. The van der Waals surface area contributed by atoms with Crippen molar-refractivity contribution < 1.29 is 32.8 Å². The van der Waals surface area contributed by atoms with Crippen molar-refractivity contribution in [2.24, 2.45) is 0 Å². The standard InChI is InChI=1S/C27H27N5O7/c1-32(2)19-6-4-18(5-7-19)29-27(34)21-14-20(38-30-21)9-11-35-12-10-28-26(33)22-15-24(39-31-22)17-3-8-23-25(13-17)37-16-36-23/h3-8,13-15H,9-12,16H2,1-2H3,(H,28,33)(H,29,34). The number of hydrogen-bond donors (Lipinski definition) is 2. The van der Waals surface area contributed by atoms with E-state index in [2.05, 4.69) is 20.9 Å². The van der Waals surface area contributed by atoms with E-state index in [-0.39, 0.29) is 43.1 Å². The van der Waals surface area contributed by atoms with Crippen LogP contribution in [0.25, 0.3) is 11.3 Å². The molecule has 0 aliphatic carbocycles. The molecule has 2 N–H and O–H groups in total. The first-order valence-electron chi connectivity index (χ1n) is 12.2. The first-order chi connectivity index (χ1) is 19.0. The zero-order valence-corrected chi connectivity index (χ0v) is 21.4. The van der Waals surface area contributed by atoms with Crippen LogP contribution in [0.15, 0.2) is 63.6 Å². The van der Waals surface area contributed by atoms with Gasteiger partial charge in [-0.3, -0.25) is 9.59 Å². The molecule has 12 nitrogen and oxygen atoms in total. The maximum Gasteiger partial charge on any atom is 0.277 e. The van der Waals surface area contributed by atoms with E-state index in [9.17, 15) is 9.59 Å². The summed E-state index contributed by atoms with van der Waals surface area (Å²) in [5, 5.41) is 13.2. The summed E-state index contributed by atoms with van der Waals surface area (Å²) in [5.74, 6) is 1.50.